The smallest absolute Gasteiger partial charge is 0.387 e. The van der Waals surface area contributed by atoms with Gasteiger partial charge in [-0.05, 0) is 36.4 Å². The Labute approximate surface area is 166 Å². The number of nitrogens with zero attached hydrogens (tertiary/aromatic N) is 2. The van der Waals surface area contributed by atoms with Gasteiger partial charge in [-0.3, -0.25) is 4.79 Å². The van der Waals surface area contributed by atoms with E-state index in [1.807, 2.05) is 0 Å². The fraction of sp³-hybridized carbons (Fsp3) is 0.111. The van der Waals surface area contributed by atoms with Gasteiger partial charge in [0.1, 0.15) is 11.6 Å². The van der Waals surface area contributed by atoms with E-state index in [0.29, 0.717) is 6.07 Å². The van der Waals surface area contributed by atoms with Crippen molar-refractivity contribution in [2.24, 2.45) is 0 Å². The summed E-state index contributed by atoms with van der Waals surface area (Å²) in [6.45, 7) is -3.25. The first kappa shape index (κ1) is 20.5. The number of carbonyl (C=O) groups is 1. The van der Waals surface area contributed by atoms with E-state index in [4.69, 9.17) is 16.3 Å². The summed E-state index contributed by atoms with van der Waals surface area (Å²) in [5.74, 6) is -2.61. The van der Waals surface area contributed by atoms with Crippen LogP contribution in [0.25, 0.3) is 0 Å². The van der Waals surface area contributed by atoms with Crippen LogP contribution in [-0.2, 0) is 6.73 Å². The quantitative estimate of drug-likeness (QED) is 0.553. The molecule has 1 amide bonds. The number of ether oxygens (including phenoxy) is 2. The molecule has 0 bridgehead atoms. The molecule has 0 saturated heterocycles. The molecule has 3 rings (SSSR count). The van der Waals surface area contributed by atoms with Crippen molar-refractivity contribution < 1.29 is 31.8 Å². The maximum atomic E-state index is 13.5. The van der Waals surface area contributed by atoms with Crippen LogP contribution in [0, 0.1) is 11.6 Å². The van der Waals surface area contributed by atoms with Gasteiger partial charge in [0.2, 0.25) is 0 Å². The minimum absolute atomic E-state index is 0.0113. The monoisotopic (exact) mass is 429 g/mol. The number of halogens is 5. The van der Waals surface area contributed by atoms with E-state index >= 15 is 0 Å². The Hall–Kier alpha value is -3.27. The fourth-order valence-corrected chi connectivity index (χ4v) is 2.47. The lowest BCUT2D eigenvalue weighted by Crippen LogP contribution is -2.14. The van der Waals surface area contributed by atoms with E-state index in [-0.39, 0.29) is 34.6 Å². The fourth-order valence-electron chi connectivity index (χ4n) is 2.25. The van der Waals surface area contributed by atoms with Crippen molar-refractivity contribution in [3.05, 3.63) is 71.0 Å². The molecular formula is C18H12ClF4N3O3. The van der Waals surface area contributed by atoms with Gasteiger partial charge in [-0.25, -0.2) is 13.5 Å². The first-order chi connectivity index (χ1) is 13.8. The number of rotatable bonds is 7. The van der Waals surface area contributed by atoms with Crippen LogP contribution in [0.1, 0.15) is 10.5 Å². The van der Waals surface area contributed by atoms with Gasteiger partial charge < -0.3 is 14.8 Å². The average molecular weight is 430 g/mol. The number of alkyl halides is 2. The van der Waals surface area contributed by atoms with Crippen molar-refractivity contribution >= 4 is 23.2 Å². The number of hydrogen-bond donors (Lipinski definition) is 1. The molecule has 3 aromatic rings. The van der Waals surface area contributed by atoms with Crippen LogP contribution in [0.3, 0.4) is 0 Å². The lowest BCUT2D eigenvalue weighted by atomic mass is 10.3. The van der Waals surface area contributed by atoms with Crippen LogP contribution < -0.4 is 14.8 Å². The molecule has 0 aliphatic rings. The minimum Gasteiger partial charge on any atom is -0.468 e. The Balaban J connectivity index is 1.61. The topological polar surface area (TPSA) is 65.4 Å². The molecule has 1 aromatic heterocycles. The summed E-state index contributed by atoms with van der Waals surface area (Å²) in [5.41, 5.74) is 0.248. The number of amides is 1. The van der Waals surface area contributed by atoms with Gasteiger partial charge in [-0.1, -0.05) is 11.6 Å². The third-order valence-corrected chi connectivity index (χ3v) is 3.82. The second-order valence-electron chi connectivity index (χ2n) is 5.57. The highest BCUT2D eigenvalue weighted by Gasteiger charge is 2.13. The van der Waals surface area contributed by atoms with E-state index in [0.717, 1.165) is 12.1 Å². The molecule has 11 heteroatoms. The highest BCUT2D eigenvalue weighted by molar-refractivity contribution is 6.32. The highest BCUT2D eigenvalue weighted by Crippen LogP contribution is 2.29. The second-order valence-corrected chi connectivity index (χ2v) is 5.97. The van der Waals surface area contributed by atoms with Gasteiger partial charge in [0.25, 0.3) is 5.91 Å². The molecule has 152 valence electrons. The van der Waals surface area contributed by atoms with E-state index in [1.165, 1.54) is 35.1 Å². The van der Waals surface area contributed by atoms with Crippen LogP contribution in [0.15, 0.2) is 48.7 Å². The average Bonchev–Trinajstić information content (AvgIpc) is 3.12. The van der Waals surface area contributed by atoms with Gasteiger partial charge in [-0.15, -0.1) is 0 Å². The molecule has 0 radical (unpaired) electrons. The van der Waals surface area contributed by atoms with E-state index in [2.05, 4.69) is 15.2 Å². The van der Waals surface area contributed by atoms with E-state index in [1.54, 1.807) is 0 Å². The van der Waals surface area contributed by atoms with Crippen molar-refractivity contribution in [3.63, 3.8) is 0 Å². The second kappa shape index (κ2) is 8.82. The molecular weight excluding hydrogens is 418 g/mol. The van der Waals surface area contributed by atoms with Crippen molar-refractivity contribution in [1.82, 2.24) is 9.78 Å². The summed E-state index contributed by atoms with van der Waals surface area (Å²) in [7, 11) is 0. The number of aromatic nitrogens is 2. The van der Waals surface area contributed by atoms with Crippen molar-refractivity contribution in [3.8, 4) is 11.5 Å². The standard InChI is InChI=1S/C18H12ClF4N3O3/c19-12-8-11(2-4-15(12)29-18(22)23)24-17(27)14-5-6-26(25-14)9-28-16-3-1-10(20)7-13(16)21/h1-8,18H,9H2,(H,24,27). The van der Waals surface area contributed by atoms with Gasteiger partial charge >= 0.3 is 6.61 Å². The Kier molecular flexibility index (Phi) is 6.23. The minimum atomic E-state index is -3.03. The highest BCUT2D eigenvalue weighted by atomic mass is 35.5. The Morgan fingerprint density at radius 3 is 2.59 bits per heavy atom. The maximum Gasteiger partial charge on any atom is 0.387 e. The molecule has 29 heavy (non-hydrogen) atoms. The number of hydrogen-bond acceptors (Lipinski definition) is 4. The zero-order chi connectivity index (χ0) is 21.0. The summed E-state index contributed by atoms with van der Waals surface area (Å²) >= 11 is 5.83. The van der Waals surface area contributed by atoms with Gasteiger partial charge in [-0.2, -0.15) is 13.9 Å². The predicted molar refractivity (Wildman–Crippen MR) is 95.3 cm³/mol. The normalized spacial score (nSPS) is 10.8. The number of benzene rings is 2. The first-order valence-electron chi connectivity index (χ1n) is 7.99. The molecule has 0 spiro atoms. The number of nitrogens with one attached hydrogen (secondary N) is 1. The van der Waals surface area contributed by atoms with Crippen molar-refractivity contribution in [2.75, 3.05) is 5.32 Å². The Morgan fingerprint density at radius 1 is 1.14 bits per heavy atom. The Bertz CT molecular complexity index is 1030. The van der Waals surface area contributed by atoms with Gasteiger partial charge in [0, 0.05) is 18.0 Å². The molecule has 0 aliphatic heterocycles. The summed E-state index contributed by atoms with van der Waals surface area (Å²) in [6.07, 6.45) is 1.42. The first-order valence-corrected chi connectivity index (χ1v) is 8.36. The van der Waals surface area contributed by atoms with Gasteiger partial charge in [0.15, 0.2) is 24.0 Å². The zero-order valence-corrected chi connectivity index (χ0v) is 15.2. The zero-order valence-electron chi connectivity index (χ0n) is 14.4. The van der Waals surface area contributed by atoms with Crippen molar-refractivity contribution in [2.45, 2.75) is 13.3 Å². The molecule has 0 aliphatic carbocycles. The lowest BCUT2D eigenvalue weighted by Gasteiger charge is -2.09. The molecule has 0 atom stereocenters. The third kappa shape index (κ3) is 5.38. The summed E-state index contributed by atoms with van der Waals surface area (Å²) < 4.78 is 61.5. The Morgan fingerprint density at radius 2 is 1.90 bits per heavy atom. The molecule has 1 heterocycles. The molecule has 0 unspecified atom stereocenters. The lowest BCUT2D eigenvalue weighted by molar-refractivity contribution is -0.0497. The number of carbonyl (C=O) groups excluding carboxylic acids is 1. The SMILES string of the molecule is O=C(Nc1ccc(OC(F)F)c(Cl)c1)c1ccn(COc2ccc(F)cc2F)n1. The van der Waals surface area contributed by atoms with Crippen LogP contribution >= 0.6 is 11.6 Å². The molecule has 2 aromatic carbocycles. The van der Waals surface area contributed by atoms with Crippen LogP contribution in [-0.4, -0.2) is 22.3 Å². The molecule has 1 N–H and O–H groups in total. The maximum absolute atomic E-state index is 13.5. The van der Waals surface area contributed by atoms with E-state index in [9.17, 15) is 22.4 Å². The molecule has 6 nitrogen and oxygen atoms in total. The predicted octanol–water partition coefficient (Wildman–Crippen LogP) is 4.70. The van der Waals surface area contributed by atoms with E-state index < -0.39 is 24.2 Å². The largest absolute Gasteiger partial charge is 0.468 e. The number of anilines is 1. The van der Waals surface area contributed by atoms with Crippen molar-refractivity contribution in [1.29, 1.82) is 0 Å². The van der Waals surface area contributed by atoms with Crippen LogP contribution in [0.5, 0.6) is 11.5 Å². The van der Waals surface area contributed by atoms with Gasteiger partial charge in [0.05, 0.1) is 5.02 Å². The summed E-state index contributed by atoms with van der Waals surface area (Å²) in [4.78, 5) is 12.2. The van der Waals surface area contributed by atoms with Crippen LogP contribution in [0.4, 0.5) is 23.2 Å². The molecule has 0 fully saturated rings. The summed E-state index contributed by atoms with van der Waals surface area (Å²) in [6, 6.07) is 8.01. The molecule has 0 saturated carbocycles. The van der Waals surface area contributed by atoms with Crippen LogP contribution in [0.2, 0.25) is 5.02 Å². The third-order valence-electron chi connectivity index (χ3n) is 3.53. The summed E-state index contributed by atoms with van der Waals surface area (Å²) in [5, 5.41) is 6.36.